The molecule has 2 heteroatoms. The van der Waals surface area contributed by atoms with Gasteiger partial charge in [-0.25, -0.2) is 0 Å². The molecule has 1 aliphatic rings. The highest BCUT2D eigenvalue weighted by Gasteiger charge is 2.36. The normalized spacial score (nSPS) is 24.8. The summed E-state index contributed by atoms with van der Waals surface area (Å²) >= 11 is 0. The van der Waals surface area contributed by atoms with Gasteiger partial charge in [0.05, 0.1) is 6.61 Å². The molecule has 1 N–H and O–H groups in total. The van der Waals surface area contributed by atoms with Crippen LogP contribution in [0.2, 0.25) is 0 Å². The van der Waals surface area contributed by atoms with Gasteiger partial charge in [0.2, 0.25) is 0 Å². The largest absolute Gasteiger partial charge is 0.395 e. The molecule has 2 nitrogen and oxygen atoms in total. The Morgan fingerprint density at radius 1 is 1.31 bits per heavy atom. The number of likely N-dealkylation sites (tertiary alicyclic amines) is 1. The molecule has 0 unspecified atom stereocenters. The van der Waals surface area contributed by atoms with Crippen LogP contribution in [0.5, 0.6) is 0 Å². The molecule has 1 saturated heterocycles. The fourth-order valence-electron chi connectivity index (χ4n) is 2.69. The second-order valence-corrected chi connectivity index (χ2v) is 5.60. The van der Waals surface area contributed by atoms with Crippen LogP contribution in [0.25, 0.3) is 0 Å². The zero-order valence-corrected chi connectivity index (χ0v) is 10.2. The average Bonchev–Trinajstić information content (AvgIpc) is 2.54. The number of hydrogen-bond acceptors (Lipinski definition) is 2. The van der Waals surface area contributed by atoms with Gasteiger partial charge < -0.3 is 5.11 Å². The number of rotatable bonds is 3. The number of aliphatic hydroxyl groups excluding tert-OH is 1. The molecule has 1 aromatic rings. The lowest BCUT2D eigenvalue weighted by molar-refractivity contribution is 0.153. The van der Waals surface area contributed by atoms with Gasteiger partial charge in [-0.3, -0.25) is 4.90 Å². The summed E-state index contributed by atoms with van der Waals surface area (Å²) in [6.07, 6.45) is 1.09. The van der Waals surface area contributed by atoms with Gasteiger partial charge >= 0.3 is 0 Å². The summed E-state index contributed by atoms with van der Waals surface area (Å²) < 4.78 is 0. The van der Waals surface area contributed by atoms with Crippen molar-refractivity contribution >= 4 is 0 Å². The van der Waals surface area contributed by atoms with Crippen LogP contribution >= 0.6 is 0 Å². The van der Waals surface area contributed by atoms with Crippen LogP contribution in [-0.4, -0.2) is 29.2 Å². The molecule has 16 heavy (non-hydrogen) atoms. The SMILES string of the molecule is CC1(C)C[C@@H](CO)N(Cc2ccccc2)C1. The summed E-state index contributed by atoms with van der Waals surface area (Å²) in [4.78, 5) is 2.40. The van der Waals surface area contributed by atoms with E-state index in [1.807, 2.05) is 6.07 Å². The predicted molar refractivity (Wildman–Crippen MR) is 66.1 cm³/mol. The standard InChI is InChI=1S/C14H21NO/c1-14(2)8-13(10-16)15(11-14)9-12-6-4-3-5-7-12/h3-7,13,16H,8-11H2,1-2H3/t13-/m0/s1. The third-order valence-electron chi connectivity index (χ3n) is 3.37. The molecule has 88 valence electrons. The molecular weight excluding hydrogens is 198 g/mol. The zero-order chi connectivity index (χ0) is 11.6. The van der Waals surface area contributed by atoms with Crippen LogP contribution in [0.15, 0.2) is 30.3 Å². The Labute approximate surface area is 97.9 Å². The summed E-state index contributed by atoms with van der Waals surface area (Å²) in [6, 6.07) is 10.8. The first-order chi connectivity index (χ1) is 7.61. The monoisotopic (exact) mass is 219 g/mol. The predicted octanol–water partition coefficient (Wildman–Crippen LogP) is 2.28. The van der Waals surface area contributed by atoms with Gasteiger partial charge in [0, 0.05) is 19.1 Å². The molecule has 0 bridgehead atoms. The van der Waals surface area contributed by atoms with Crippen molar-refractivity contribution in [2.45, 2.75) is 32.9 Å². The van der Waals surface area contributed by atoms with Crippen LogP contribution in [-0.2, 0) is 6.54 Å². The number of aliphatic hydroxyl groups is 1. The van der Waals surface area contributed by atoms with Gasteiger partial charge in [-0.1, -0.05) is 44.2 Å². The minimum atomic E-state index is 0.274. The fraction of sp³-hybridized carbons (Fsp3) is 0.571. The van der Waals surface area contributed by atoms with Gasteiger partial charge in [-0.2, -0.15) is 0 Å². The van der Waals surface area contributed by atoms with Crippen molar-refractivity contribution < 1.29 is 5.11 Å². The fourth-order valence-corrected chi connectivity index (χ4v) is 2.69. The first-order valence-corrected chi connectivity index (χ1v) is 5.99. The lowest BCUT2D eigenvalue weighted by Crippen LogP contribution is -2.31. The number of nitrogens with zero attached hydrogens (tertiary/aromatic N) is 1. The van der Waals surface area contributed by atoms with E-state index in [1.165, 1.54) is 5.56 Å². The Morgan fingerprint density at radius 3 is 2.62 bits per heavy atom. The van der Waals surface area contributed by atoms with Crippen molar-refractivity contribution in [2.24, 2.45) is 5.41 Å². The van der Waals surface area contributed by atoms with Crippen molar-refractivity contribution in [2.75, 3.05) is 13.2 Å². The summed E-state index contributed by atoms with van der Waals surface area (Å²) in [6.45, 7) is 6.86. The molecular formula is C14H21NO. The lowest BCUT2D eigenvalue weighted by Gasteiger charge is -2.23. The minimum Gasteiger partial charge on any atom is -0.395 e. The van der Waals surface area contributed by atoms with E-state index in [9.17, 15) is 5.11 Å². The first-order valence-electron chi connectivity index (χ1n) is 5.99. The molecule has 0 aliphatic carbocycles. The number of hydrogen-bond donors (Lipinski definition) is 1. The molecule has 1 aromatic carbocycles. The van der Waals surface area contributed by atoms with E-state index in [0.717, 1.165) is 19.5 Å². The van der Waals surface area contributed by atoms with E-state index in [2.05, 4.69) is 43.0 Å². The van der Waals surface area contributed by atoms with E-state index in [-0.39, 0.29) is 6.61 Å². The molecule has 1 atom stereocenters. The molecule has 0 amide bonds. The molecule has 0 saturated carbocycles. The van der Waals surface area contributed by atoms with E-state index in [0.29, 0.717) is 11.5 Å². The maximum atomic E-state index is 9.41. The van der Waals surface area contributed by atoms with Gasteiger partial charge in [-0.05, 0) is 17.4 Å². The summed E-state index contributed by atoms with van der Waals surface area (Å²) in [5.74, 6) is 0. The van der Waals surface area contributed by atoms with E-state index >= 15 is 0 Å². The Kier molecular flexibility index (Phi) is 3.31. The summed E-state index contributed by atoms with van der Waals surface area (Å²) in [7, 11) is 0. The smallest absolute Gasteiger partial charge is 0.0587 e. The van der Waals surface area contributed by atoms with E-state index < -0.39 is 0 Å². The number of benzene rings is 1. The topological polar surface area (TPSA) is 23.5 Å². The van der Waals surface area contributed by atoms with Crippen LogP contribution < -0.4 is 0 Å². The maximum absolute atomic E-state index is 9.41. The Morgan fingerprint density at radius 2 is 2.00 bits per heavy atom. The molecule has 2 rings (SSSR count). The Bertz CT molecular complexity index is 334. The lowest BCUT2D eigenvalue weighted by atomic mass is 9.91. The molecule has 0 radical (unpaired) electrons. The van der Waals surface area contributed by atoms with Crippen molar-refractivity contribution in [3.63, 3.8) is 0 Å². The second kappa shape index (κ2) is 4.56. The Hall–Kier alpha value is -0.860. The average molecular weight is 219 g/mol. The molecule has 0 spiro atoms. The molecule has 1 fully saturated rings. The quantitative estimate of drug-likeness (QED) is 0.843. The highest BCUT2D eigenvalue weighted by molar-refractivity contribution is 5.15. The third kappa shape index (κ3) is 2.63. The van der Waals surface area contributed by atoms with E-state index in [1.54, 1.807) is 0 Å². The van der Waals surface area contributed by atoms with Crippen molar-refractivity contribution in [3.8, 4) is 0 Å². The van der Waals surface area contributed by atoms with Crippen LogP contribution in [0.4, 0.5) is 0 Å². The maximum Gasteiger partial charge on any atom is 0.0587 e. The highest BCUT2D eigenvalue weighted by atomic mass is 16.3. The van der Waals surface area contributed by atoms with Crippen LogP contribution in [0.3, 0.4) is 0 Å². The molecule has 0 aromatic heterocycles. The van der Waals surface area contributed by atoms with Crippen LogP contribution in [0.1, 0.15) is 25.8 Å². The zero-order valence-electron chi connectivity index (χ0n) is 10.2. The minimum absolute atomic E-state index is 0.274. The summed E-state index contributed by atoms with van der Waals surface area (Å²) in [5, 5.41) is 9.41. The highest BCUT2D eigenvalue weighted by Crippen LogP contribution is 2.34. The van der Waals surface area contributed by atoms with Crippen molar-refractivity contribution in [1.82, 2.24) is 4.90 Å². The molecule has 1 heterocycles. The van der Waals surface area contributed by atoms with Gasteiger partial charge in [-0.15, -0.1) is 0 Å². The van der Waals surface area contributed by atoms with Gasteiger partial charge in [0.25, 0.3) is 0 Å². The second-order valence-electron chi connectivity index (χ2n) is 5.60. The van der Waals surface area contributed by atoms with Crippen LogP contribution in [0, 0.1) is 5.41 Å². The first kappa shape index (κ1) is 11.6. The van der Waals surface area contributed by atoms with Gasteiger partial charge in [0.15, 0.2) is 0 Å². The Balaban J connectivity index is 2.04. The van der Waals surface area contributed by atoms with Crippen molar-refractivity contribution in [3.05, 3.63) is 35.9 Å². The van der Waals surface area contributed by atoms with E-state index in [4.69, 9.17) is 0 Å². The summed E-state index contributed by atoms with van der Waals surface area (Å²) in [5.41, 5.74) is 1.67. The third-order valence-corrected chi connectivity index (χ3v) is 3.37. The molecule has 1 aliphatic heterocycles. The van der Waals surface area contributed by atoms with Gasteiger partial charge in [0.1, 0.15) is 0 Å². The van der Waals surface area contributed by atoms with Crippen molar-refractivity contribution in [1.29, 1.82) is 0 Å².